The van der Waals surface area contributed by atoms with Gasteiger partial charge in [0.05, 0.1) is 13.5 Å². The molecule has 0 fully saturated rings. The van der Waals surface area contributed by atoms with Gasteiger partial charge < -0.3 is 4.74 Å². The second-order valence-electron chi connectivity index (χ2n) is 3.89. The lowest BCUT2D eigenvalue weighted by Gasteiger charge is -2.07. The van der Waals surface area contributed by atoms with E-state index in [9.17, 15) is 9.59 Å². The van der Waals surface area contributed by atoms with E-state index in [1.54, 1.807) is 6.92 Å². The number of hydrogen-bond donors (Lipinski definition) is 0. The number of ether oxygens (including phenoxy) is 1. The molecule has 0 aromatic heterocycles. The molecule has 3 nitrogen and oxygen atoms in total. The van der Waals surface area contributed by atoms with Crippen LogP contribution >= 0.6 is 0 Å². The van der Waals surface area contributed by atoms with E-state index in [0.29, 0.717) is 6.42 Å². The molecule has 3 heteroatoms. The first-order valence-corrected chi connectivity index (χ1v) is 5.17. The predicted octanol–water partition coefficient (Wildman–Crippen LogP) is 1.84. The molecule has 0 bridgehead atoms. The first kappa shape index (κ1) is 12.4. The highest BCUT2D eigenvalue weighted by atomic mass is 16.5. The summed E-state index contributed by atoms with van der Waals surface area (Å²) >= 11 is 0. The number of Topliss-reactive ketones (excluding diaryl/α,β-unsaturated/α-hetero) is 1. The molecule has 86 valence electrons. The predicted molar refractivity (Wildman–Crippen MR) is 61.3 cm³/mol. The van der Waals surface area contributed by atoms with Crippen molar-refractivity contribution in [2.24, 2.45) is 0 Å². The van der Waals surface area contributed by atoms with Crippen LogP contribution in [0.25, 0.3) is 0 Å². The Morgan fingerprint density at radius 2 is 1.94 bits per heavy atom. The SMILES string of the molecule is COC(=O)Cc1cc(CC(C)=O)ccc1C. The van der Waals surface area contributed by atoms with Gasteiger partial charge in [0, 0.05) is 6.42 Å². The fourth-order valence-electron chi connectivity index (χ4n) is 1.54. The number of aryl methyl sites for hydroxylation is 1. The average molecular weight is 220 g/mol. The molecule has 0 spiro atoms. The molecule has 0 amide bonds. The van der Waals surface area contributed by atoms with Gasteiger partial charge in [-0.2, -0.15) is 0 Å². The molecule has 0 saturated carbocycles. The quantitative estimate of drug-likeness (QED) is 0.727. The smallest absolute Gasteiger partial charge is 0.309 e. The highest BCUT2D eigenvalue weighted by Crippen LogP contribution is 2.13. The molecule has 0 atom stereocenters. The third-order valence-electron chi connectivity index (χ3n) is 2.43. The van der Waals surface area contributed by atoms with E-state index in [1.165, 1.54) is 7.11 Å². The molecule has 0 radical (unpaired) electrons. The Hall–Kier alpha value is -1.64. The number of rotatable bonds is 4. The van der Waals surface area contributed by atoms with Crippen molar-refractivity contribution in [2.45, 2.75) is 26.7 Å². The Morgan fingerprint density at radius 3 is 2.50 bits per heavy atom. The summed E-state index contributed by atoms with van der Waals surface area (Å²) in [7, 11) is 1.37. The molecule has 0 aliphatic rings. The van der Waals surface area contributed by atoms with Gasteiger partial charge in [-0.3, -0.25) is 9.59 Å². The van der Waals surface area contributed by atoms with Crippen LogP contribution in [0.4, 0.5) is 0 Å². The summed E-state index contributed by atoms with van der Waals surface area (Å²) < 4.78 is 4.62. The van der Waals surface area contributed by atoms with E-state index in [0.717, 1.165) is 16.7 Å². The maximum Gasteiger partial charge on any atom is 0.309 e. The number of benzene rings is 1. The van der Waals surface area contributed by atoms with Crippen LogP contribution in [0.3, 0.4) is 0 Å². The van der Waals surface area contributed by atoms with E-state index in [-0.39, 0.29) is 18.2 Å². The van der Waals surface area contributed by atoms with E-state index in [4.69, 9.17) is 0 Å². The molecular formula is C13H16O3. The van der Waals surface area contributed by atoms with Crippen molar-refractivity contribution < 1.29 is 14.3 Å². The fourth-order valence-corrected chi connectivity index (χ4v) is 1.54. The van der Waals surface area contributed by atoms with Gasteiger partial charge in [-0.25, -0.2) is 0 Å². The number of carbonyl (C=O) groups is 2. The zero-order valence-corrected chi connectivity index (χ0v) is 9.87. The molecule has 0 heterocycles. The van der Waals surface area contributed by atoms with Crippen LogP contribution in [0.5, 0.6) is 0 Å². The summed E-state index contributed by atoms with van der Waals surface area (Å²) in [6.45, 7) is 3.50. The van der Waals surface area contributed by atoms with E-state index in [2.05, 4.69) is 4.74 Å². The second-order valence-corrected chi connectivity index (χ2v) is 3.89. The van der Waals surface area contributed by atoms with Crippen molar-refractivity contribution in [3.63, 3.8) is 0 Å². The highest BCUT2D eigenvalue weighted by molar-refractivity contribution is 5.78. The van der Waals surface area contributed by atoms with E-state index in [1.807, 2.05) is 25.1 Å². The minimum absolute atomic E-state index is 0.118. The molecule has 0 saturated heterocycles. The lowest BCUT2D eigenvalue weighted by atomic mass is 10.00. The monoisotopic (exact) mass is 220 g/mol. The molecule has 16 heavy (non-hydrogen) atoms. The summed E-state index contributed by atoms with van der Waals surface area (Å²) in [6.07, 6.45) is 0.669. The lowest BCUT2D eigenvalue weighted by molar-refractivity contribution is -0.139. The maximum absolute atomic E-state index is 11.2. The van der Waals surface area contributed by atoms with Crippen LogP contribution in [-0.4, -0.2) is 18.9 Å². The summed E-state index contributed by atoms with van der Waals surface area (Å²) in [4.78, 5) is 22.2. The van der Waals surface area contributed by atoms with Gasteiger partial charge in [0.15, 0.2) is 0 Å². The van der Waals surface area contributed by atoms with Crippen LogP contribution in [0, 0.1) is 6.92 Å². The van der Waals surface area contributed by atoms with E-state index < -0.39 is 0 Å². The number of esters is 1. The Kier molecular flexibility index (Phi) is 4.23. The largest absolute Gasteiger partial charge is 0.469 e. The first-order valence-electron chi connectivity index (χ1n) is 5.17. The van der Waals surface area contributed by atoms with Crippen LogP contribution in [0.1, 0.15) is 23.6 Å². The van der Waals surface area contributed by atoms with Gasteiger partial charge in [-0.1, -0.05) is 18.2 Å². The Labute approximate surface area is 95.4 Å². The van der Waals surface area contributed by atoms with Crippen molar-refractivity contribution in [2.75, 3.05) is 7.11 Å². The van der Waals surface area contributed by atoms with Crippen LogP contribution in [0.15, 0.2) is 18.2 Å². The second kappa shape index (κ2) is 5.45. The normalized spacial score (nSPS) is 9.94. The standard InChI is InChI=1S/C13H16O3/c1-9-4-5-11(6-10(2)14)7-12(9)8-13(15)16-3/h4-5,7H,6,8H2,1-3H3. The summed E-state index contributed by atoms with van der Waals surface area (Å²) in [5, 5.41) is 0. The zero-order valence-electron chi connectivity index (χ0n) is 9.87. The molecule has 0 aliphatic heterocycles. The number of hydrogen-bond acceptors (Lipinski definition) is 3. The Morgan fingerprint density at radius 1 is 1.25 bits per heavy atom. The molecule has 1 aromatic rings. The first-order chi connectivity index (χ1) is 7.52. The topological polar surface area (TPSA) is 43.4 Å². The van der Waals surface area contributed by atoms with Gasteiger partial charge in [0.1, 0.15) is 5.78 Å². The molecule has 0 aliphatic carbocycles. The number of carbonyl (C=O) groups excluding carboxylic acids is 2. The zero-order chi connectivity index (χ0) is 12.1. The molecule has 1 aromatic carbocycles. The number of ketones is 1. The van der Waals surface area contributed by atoms with Crippen molar-refractivity contribution in [1.82, 2.24) is 0 Å². The van der Waals surface area contributed by atoms with Gasteiger partial charge >= 0.3 is 5.97 Å². The van der Waals surface area contributed by atoms with Gasteiger partial charge in [0.25, 0.3) is 0 Å². The van der Waals surface area contributed by atoms with Crippen molar-refractivity contribution >= 4 is 11.8 Å². The Balaban J connectivity index is 2.90. The Bertz CT molecular complexity index is 408. The number of methoxy groups -OCH3 is 1. The van der Waals surface area contributed by atoms with Gasteiger partial charge in [-0.05, 0) is 30.5 Å². The minimum Gasteiger partial charge on any atom is -0.469 e. The average Bonchev–Trinajstić information content (AvgIpc) is 2.22. The summed E-state index contributed by atoms with van der Waals surface area (Å²) in [5.74, 6) is -0.143. The molecular weight excluding hydrogens is 204 g/mol. The van der Waals surface area contributed by atoms with Gasteiger partial charge in [0.2, 0.25) is 0 Å². The molecule has 0 unspecified atom stereocenters. The highest BCUT2D eigenvalue weighted by Gasteiger charge is 2.07. The van der Waals surface area contributed by atoms with Crippen molar-refractivity contribution in [1.29, 1.82) is 0 Å². The third kappa shape index (κ3) is 3.50. The molecule has 0 N–H and O–H groups in total. The third-order valence-corrected chi connectivity index (χ3v) is 2.43. The summed E-state index contributed by atoms with van der Waals surface area (Å²) in [5.41, 5.74) is 2.90. The lowest BCUT2D eigenvalue weighted by Crippen LogP contribution is -2.07. The summed E-state index contributed by atoms with van der Waals surface area (Å²) in [6, 6.07) is 5.74. The van der Waals surface area contributed by atoms with Gasteiger partial charge in [-0.15, -0.1) is 0 Å². The van der Waals surface area contributed by atoms with Crippen LogP contribution in [0.2, 0.25) is 0 Å². The van der Waals surface area contributed by atoms with Crippen molar-refractivity contribution in [3.8, 4) is 0 Å². The maximum atomic E-state index is 11.2. The van der Waals surface area contributed by atoms with Crippen LogP contribution < -0.4 is 0 Å². The van der Waals surface area contributed by atoms with E-state index >= 15 is 0 Å². The van der Waals surface area contributed by atoms with Crippen molar-refractivity contribution in [3.05, 3.63) is 34.9 Å². The van der Waals surface area contributed by atoms with Crippen LogP contribution in [-0.2, 0) is 27.2 Å². The fraction of sp³-hybridized carbons (Fsp3) is 0.385. The molecule has 1 rings (SSSR count). The minimum atomic E-state index is -0.261.